The molecule has 0 spiro atoms. The fraction of sp³-hybridized carbons (Fsp3) is 0.600. The molecule has 0 unspecified atom stereocenters. The van der Waals surface area contributed by atoms with Crippen LogP contribution in [0.5, 0.6) is 11.6 Å². The summed E-state index contributed by atoms with van der Waals surface area (Å²) in [6.07, 6.45) is 1.78. The zero-order valence-corrected chi connectivity index (χ0v) is 25.2. The van der Waals surface area contributed by atoms with Gasteiger partial charge in [-0.3, -0.25) is 10.2 Å². The van der Waals surface area contributed by atoms with Crippen LogP contribution in [-0.2, 0) is 16.7 Å². The monoisotopic (exact) mass is 552 g/mol. The molecule has 0 radical (unpaired) electrons. The Bertz CT molecular complexity index is 1410. The van der Waals surface area contributed by atoms with Crippen LogP contribution in [0.1, 0.15) is 88.7 Å². The predicted molar refractivity (Wildman–Crippen MR) is 155 cm³/mol. The number of anilines is 1. The Balaban J connectivity index is 1.76. The van der Waals surface area contributed by atoms with E-state index in [1.54, 1.807) is 7.11 Å². The Hall–Kier alpha value is -3.40. The van der Waals surface area contributed by atoms with Crippen molar-refractivity contribution in [3.05, 3.63) is 40.5 Å². The maximum absolute atomic E-state index is 13.8. The second-order valence-corrected chi connectivity index (χ2v) is 11.7. The Morgan fingerprint density at radius 2 is 1.77 bits per heavy atom. The molecule has 0 aliphatic carbocycles. The van der Waals surface area contributed by atoms with Gasteiger partial charge in [-0.15, -0.1) is 10.2 Å². The van der Waals surface area contributed by atoms with Crippen molar-refractivity contribution in [3.63, 3.8) is 0 Å². The van der Waals surface area contributed by atoms with Crippen LogP contribution in [0.15, 0.2) is 18.2 Å². The van der Waals surface area contributed by atoms with Gasteiger partial charge >= 0.3 is 0 Å². The van der Waals surface area contributed by atoms with Gasteiger partial charge in [-0.2, -0.15) is 4.52 Å². The van der Waals surface area contributed by atoms with Gasteiger partial charge in [-0.1, -0.05) is 48.5 Å². The van der Waals surface area contributed by atoms with Crippen molar-refractivity contribution in [2.24, 2.45) is 0 Å². The summed E-state index contributed by atoms with van der Waals surface area (Å²) in [5.74, 6) is 1.24. The second-order valence-electron chi connectivity index (χ2n) is 11.7. The Morgan fingerprint density at radius 1 is 1.10 bits per heavy atom. The molecule has 4 rings (SSSR count). The summed E-state index contributed by atoms with van der Waals surface area (Å²) in [6, 6.07) is 5.73. The van der Waals surface area contributed by atoms with E-state index < -0.39 is 0 Å². The molecular formula is C30H44N6O4. The van der Waals surface area contributed by atoms with Crippen molar-refractivity contribution in [1.82, 2.24) is 19.4 Å². The van der Waals surface area contributed by atoms with Crippen LogP contribution < -0.4 is 20.0 Å². The van der Waals surface area contributed by atoms with Crippen LogP contribution in [0.2, 0.25) is 0 Å². The van der Waals surface area contributed by atoms with Crippen LogP contribution >= 0.6 is 0 Å². The molecule has 1 aromatic carbocycles. The lowest BCUT2D eigenvalue weighted by molar-refractivity contribution is 0.0965. The first kappa shape index (κ1) is 29.6. The number of carbonyl (C=O) groups excluding carboxylic acids is 1. The van der Waals surface area contributed by atoms with E-state index in [-0.39, 0.29) is 35.4 Å². The molecule has 1 aliphatic heterocycles. The van der Waals surface area contributed by atoms with Gasteiger partial charge in [0.1, 0.15) is 12.3 Å². The van der Waals surface area contributed by atoms with Gasteiger partial charge in [0.15, 0.2) is 11.4 Å². The highest BCUT2D eigenvalue weighted by molar-refractivity contribution is 5.97. The van der Waals surface area contributed by atoms with E-state index in [1.807, 2.05) is 18.2 Å². The standard InChI is InChI=1S/C30H44N6O4/c1-9-21(10-2)40-26-17-22(19(3)4)28-33-35(29(31)36(28)32-26)18-25(37)20-15-23(30(5,6)7)27(38-8)24(16-20)34-11-13-39-14-12-34/h15-17,19,21,31H,9-14,18H2,1-8H3. The Labute approximate surface area is 236 Å². The van der Waals surface area contributed by atoms with Crippen LogP contribution in [0.25, 0.3) is 5.65 Å². The summed E-state index contributed by atoms with van der Waals surface area (Å²) in [5.41, 5.74) is 3.67. The number of aromatic nitrogens is 4. The molecule has 10 heteroatoms. The molecule has 10 nitrogen and oxygen atoms in total. The minimum Gasteiger partial charge on any atom is -0.494 e. The van der Waals surface area contributed by atoms with Gasteiger partial charge in [0.05, 0.1) is 32.1 Å². The SMILES string of the molecule is CCC(CC)Oc1cc(C(C)C)c2nn(CC(=O)c3cc(N4CCOCC4)c(OC)c(C(C)(C)C)c3)c(=N)n2n1. The lowest BCUT2D eigenvalue weighted by atomic mass is 9.84. The van der Waals surface area contributed by atoms with E-state index in [1.165, 1.54) is 9.20 Å². The van der Waals surface area contributed by atoms with Gasteiger partial charge in [0, 0.05) is 35.8 Å². The minimum absolute atomic E-state index is 0.0261. The second kappa shape index (κ2) is 12.0. The normalized spacial score (nSPS) is 14.4. The van der Waals surface area contributed by atoms with Crippen molar-refractivity contribution < 1.29 is 19.0 Å². The number of hydrogen-bond acceptors (Lipinski definition) is 8. The van der Waals surface area contributed by atoms with E-state index in [4.69, 9.17) is 19.6 Å². The van der Waals surface area contributed by atoms with E-state index in [0.717, 1.165) is 48.5 Å². The summed E-state index contributed by atoms with van der Waals surface area (Å²) < 4.78 is 20.5. The highest BCUT2D eigenvalue weighted by atomic mass is 16.5. The number of methoxy groups -OCH3 is 1. The molecule has 1 N–H and O–H groups in total. The number of morpholine rings is 1. The number of carbonyl (C=O) groups is 1. The van der Waals surface area contributed by atoms with Crippen molar-refractivity contribution >= 4 is 17.1 Å². The number of fused-ring (bicyclic) bond motifs is 1. The summed E-state index contributed by atoms with van der Waals surface area (Å²) in [5, 5.41) is 18.1. The molecule has 0 saturated carbocycles. The third-order valence-electron chi connectivity index (χ3n) is 7.47. The van der Waals surface area contributed by atoms with E-state index in [9.17, 15) is 4.79 Å². The quantitative estimate of drug-likeness (QED) is 0.363. The van der Waals surface area contributed by atoms with Crippen molar-refractivity contribution in [1.29, 1.82) is 5.41 Å². The van der Waals surface area contributed by atoms with Crippen LogP contribution in [0, 0.1) is 5.41 Å². The summed E-state index contributed by atoms with van der Waals surface area (Å²) >= 11 is 0. The van der Waals surface area contributed by atoms with Gasteiger partial charge in [0.2, 0.25) is 11.5 Å². The molecule has 1 fully saturated rings. The lowest BCUT2D eigenvalue weighted by Crippen LogP contribution is -2.37. The lowest BCUT2D eigenvalue weighted by Gasteiger charge is -2.33. The molecule has 40 heavy (non-hydrogen) atoms. The zero-order valence-electron chi connectivity index (χ0n) is 25.2. The first-order valence-corrected chi connectivity index (χ1v) is 14.3. The van der Waals surface area contributed by atoms with Gasteiger partial charge in [0.25, 0.3) is 0 Å². The molecule has 0 atom stereocenters. The Morgan fingerprint density at radius 3 is 2.35 bits per heavy atom. The largest absolute Gasteiger partial charge is 0.494 e. The number of nitrogens with one attached hydrogen (secondary N) is 1. The zero-order chi connectivity index (χ0) is 29.2. The minimum atomic E-state index is -0.249. The smallest absolute Gasteiger partial charge is 0.242 e. The fourth-order valence-electron chi connectivity index (χ4n) is 5.04. The van der Waals surface area contributed by atoms with E-state index >= 15 is 0 Å². The number of Topliss-reactive ketones (excluding diaryl/α,β-unsaturated/α-hetero) is 1. The maximum Gasteiger partial charge on any atom is 0.242 e. The third kappa shape index (κ3) is 6.01. The topological polar surface area (TPSA) is 107 Å². The Kier molecular flexibility index (Phi) is 8.87. The number of benzene rings is 1. The van der Waals surface area contributed by atoms with E-state index in [0.29, 0.717) is 30.3 Å². The van der Waals surface area contributed by atoms with Crippen molar-refractivity contribution in [3.8, 4) is 11.6 Å². The van der Waals surface area contributed by atoms with Gasteiger partial charge in [-0.05, 0) is 36.3 Å². The van der Waals surface area contributed by atoms with Crippen LogP contribution in [0.4, 0.5) is 5.69 Å². The van der Waals surface area contributed by atoms with Crippen molar-refractivity contribution in [2.75, 3.05) is 38.3 Å². The summed E-state index contributed by atoms with van der Waals surface area (Å²) in [7, 11) is 1.68. The molecule has 1 aliphatic rings. The number of hydrogen-bond donors (Lipinski definition) is 1. The number of rotatable bonds is 10. The molecule has 0 bridgehead atoms. The summed E-state index contributed by atoms with van der Waals surface area (Å²) in [6.45, 7) is 17.3. The molecule has 3 aromatic rings. The van der Waals surface area contributed by atoms with Gasteiger partial charge in [-0.25, -0.2) is 4.68 Å². The average Bonchev–Trinajstić information content (AvgIpc) is 3.24. The van der Waals surface area contributed by atoms with Crippen molar-refractivity contribution in [2.45, 2.75) is 85.3 Å². The maximum atomic E-state index is 13.8. The number of nitrogens with zero attached hydrogens (tertiary/aromatic N) is 5. The van der Waals surface area contributed by atoms with Crippen LogP contribution in [0.3, 0.4) is 0 Å². The predicted octanol–water partition coefficient (Wildman–Crippen LogP) is 4.73. The van der Waals surface area contributed by atoms with Crippen LogP contribution in [-0.4, -0.2) is 64.7 Å². The first-order valence-electron chi connectivity index (χ1n) is 14.3. The summed E-state index contributed by atoms with van der Waals surface area (Å²) in [4.78, 5) is 16.0. The average molecular weight is 553 g/mol. The molecule has 0 amide bonds. The molecule has 2 aromatic heterocycles. The van der Waals surface area contributed by atoms with Gasteiger partial charge < -0.3 is 19.1 Å². The molecule has 3 heterocycles. The number of ether oxygens (including phenoxy) is 3. The highest BCUT2D eigenvalue weighted by Gasteiger charge is 2.27. The molecular weight excluding hydrogens is 508 g/mol. The molecule has 1 saturated heterocycles. The third-order valence-corrected chi connectivity index (χ3v) is 7.47. The number of ketones is 1. The van der Waals surface area contributed by atoms with E-state index in [2.05, 4.69) is 63.6 Å². The fourth-order valence-corrected chi connectivity index (χ4v) is 5.04. The first-order chi connectivity index (χ1) is 19.0. The highest BCUT2D eigenvalue weighted by Crippen LogP contribution is 2.40. The molecule has 218 valence electrons.